The van der Waals surface area contributed by atoms with Crippen LogP contribution in [0.1, 0.15) is 114 Å². The molecule has 0 aromatic rings. The van der Waals surface area contributed by atoms with Gasteiger partial charge in [0.05, 0.1) is 18.9 Å². The van der Waals surface area contributed by atoms with Crippen LogP contribution in [0.25, 0.3) is 0 Å². The molecule has 25 nitrogen and oxygen atoms in total. The third kappa shape index (κ3) is 22.7. The van der Waals surface area contributed by atoms with Crippen LogP contribution in [0.2, 0.25) is 0 Å². The molecule has 14 N–H and O–H groups in total. The average molecular weight is 1000 g/mol. The van der Waals surface area contributed by atoms with Crippen LogP contribution in [0.4, 0.5) is 0 Å². The minimum atomic E-state index is -1.91. The maximum atomic E-state index is 14.0. The summed E-state index contributed by atoms with van der Waals surface area (Å²) in [5, 5.41) is 56.9. The lowest BCUT2D eigenvalue weighted by Crippen LogP contribution is -2.62. The monoisotopic (exact) mass is 1000 g/mol. The van der Waals surface area contributed by atoms with Crippen molar-refractivity contribution >= 4 is 83.8 Å². The minimum Gasteiger partial charge on any atom is -0.481 e. The summed E-state index contributed by atoms with van der Waals surface area (Å²) in [4.78, 5) is 154. The van der Waals surface area contributed by atoms with Crippen LogP contribution in [-0.4, -0.2) is 152 Å². The molecule has 0 fully saturated rings. The molecule has 0 saturated carbocycles. The molecule has 69 heavy (non-hydrogen) atoms. The van der Waals surface area contributed by atoms with Gasteiger partial charge in [-0.2, -0.15) is 12.6 Å². The molecule has 8 amide bonds. The van der Waals surface area contributed by atoms with Crippen LogP contribution in [0.15, 0.2) is 0 Å². The number of amides is 8. The number of thiol groups is 1. The fourth-order valence-electron chi connectivity index (χ4n) is 6.44. The smallest absolute Gasteiger partial charge is 0.326 e. The maximum Gasteiger partial charge on any atom is 0.326 e. The van der Waals surface area contributed by atoms with E-state index in [1.165, 1.54) is 6.92 Å². The molecule has 0 aliphatic rings. The Labute approximate surface area is 406 Å². The molecule has 12 atom stereocenters. The number of hydrogen-bond acceptors (Lipinski definition) is 14. The van der Waals surface area contributed by atoms with E-state index in [9.17, 15) is 78.0 Å². The Kier molecular flexibility index (Phi) is 28.4. The molecule has 26 heteroatoms. The molecule has 0 heterocycles. The number of rotatable bonds is 33. The van der Waals surface area contributed by atoms with Gasteiger partial charge in [0.2, 0.25) is 47.3 Å². The van der Waals surface area contributed by atoms with Crippen molar-refractivity contribution < 1.29 is 78.0 Å². The highest BCUT2D eigenvalue weighted by Crippen LogP contribution is 2.15. The van der Waals surface area contributed by atoms with Crippen LogP contribution >= 0.6 is 12.6 Å². The number of carboxylic acids is 4. The fraction of sp³-hybridized carbons (Fsp3) is 0.721. The van der Waals surface area contributed by atoms with E-state index >= 15 is 0 Å². The van der Waals surface area contributed by atoms with E-state index in [2.05, 4.69) is 55.2 Å². The molecule has 0 bridgehead atoms. The van der Waals surface area contributed by atoms with E-state index in [4.69, 9.17) is 5.73 Å². The third-order valence-electron chi connectivity index (χ3n) is 11.3. The van der Waals surface area contributed by atoms with Crippen molar-refractivity contribution in [1.82, 2.24) is 42.5 Å². The van der Waals surface area contributed by atoms with Gasteiger partial charge in [-0.25, -0.2) is 4.79 Å². The highest BCUT2D eigenvalue weighted by Gasteiger charge is 2.38. The van der Waals surface area contributed by atoms with E-state index in [0.29, 0.717) is 12.8 Å². The van der Waals surface area contributed by atoms with Gasteiger partial charge < -0.3 is 68.7 Å². The van der Waals surface area contributed by atoms with Crippen molar-refractivity contribution in [1.29, 1.82) is 0 Å². The number of nitrogens with two attached hydrogens (primary N) is 1. The van der Waals surface area contributed by atoms with Gasteiger partial charge in [-0.1, -0.05) is 74.7 Å². The summed E-state index contributed by atoms with van der Waals surface area (Å²) in [6.07, 6.45) is -2.00. The summed E-state index contributed by atoms with van der Waals surface area (Å²) in [5.74, 6) is -16.3. The van der Waals surface area contributed by atoms with Gasteiger partial charge in [0.1, 0.15) is 48.3 Å². The zero-order valence-electron chi connectivity index (χ0n) is 40.6. The maximum absolute atomic E-state index is 14.0. The lowest BCUT2D eigenvalue weighted by molar-refractivity contribution is -0.145. The van der Waals surface area contributed by atoms with Gasteiger partial charge in [-0.05, 0) is 43.4 Å². The first-order chi connectivity index (χ1) is 32.0. The van der Waals surface area contributed by atoms with Gasteiger partial charge in [-0.3, -0.25) is 52.7 Å². The highest BCUT2D eigenvalue weighted by atomic mass is 32.1. The van der Waals surface area contributed by atoms with Gasteiger partial charge in [0, 0.05) is 12.2 Å². The predicted molar refractivity (Wildman–Crippen MR) is 250 cm³/mol. The van der Waals surface area contributed by atoms with Gasteiger partial charge in [0.25, 0.3) is 0 Å². The summed E-state index contributed by atoms with van der Waals surface area (Å²) < 4.78 is 0. The quantitative estimate of drug-likeness (QED) is 0.0323. The zero-order valence-corrected chi connectivity index (χ0v) is 41.5. The molecule has 0 rings (SSSR count). The molecule has 392 valence electrons. The fourth-order valence-corrected chi connectivity index (χ4v) is 6.70. The van der Waals surface area contributed by atoms with Crippen LogP contribution in [0, 0.1) is 23.7 Å². The van der Waals surface area contributed by atoms with Crippen LogP contribution in [-0.2, 0) is 57.5 Å². The van der Waals surface area contributed by atoms with Crippen molar-refractivity contribution in [2.24, 2.45) is 29.4 Å². The first-order valence-electron chi connectivity index (χ1n) is 22.7. The lowest BCUT2D eigenvalue weighted by Gasteiger charge is -2.31. The summed E-state index contributed by atoms with van der Waals surface area (Å²) in [5.41, 5.74) is 5.89. The molecule has 0 aliphatic heterocycles. The minimum absolute atomic E-state index is 0.0599. The molecular weight excluding hydrogens is 931 g/mol. The summed E-state index contributed by atoms with van der Waals surface area (Å²) >= 11 is 4.09. The second-order valence-corrected chi connectivity index (χ2v) is 17.8. The lowest BCUT2D eigenvalue weighted by atomic mass is 9.94. The number of aliphatic carboxylic acids is 4. The second kappa shape index (κ2) is 31.2. The molecule has 0 aliphatic carbocycles. The first-order valence-corrected chi connectivity index (χ1v) is 23.4. The van der Waals surface area contributed by atoms with Crippen molar-refractivity contribution in [3.8, 4) is 0 Å². The summed E-state index contributed by atoms with van der Waals surface area (Å²) in [6, 6.07) is -13.5. The van der Waals surface area contributed by atoms with Crippen molar-refractivity contribution in [2.45, 2.75) is 168 Å². The molecule has 0 radical (unpaired) electrons. The third-order valence-corrected chi connectivity index (χ3v) is 11.7. The Morgan fingerprint density at radius 1 is 0.449 bits per heavy atom. The highest BCUT2D eigenvalue weighted by molar-refractivity contribution is 7.80. The molecule has 0 aromatic heterocycles. The zero-order chi connectivity index (χ0) is 53.5. The van der Waals surface area contributed by atoms with E-state index in [1.54, 1.807) is 41.5 Å². The molecule has 0 unspecified atom stereocenters. The van der Waals surface area contributed by atoms with Crippen LogP contribution in [0.5, 0.6) is 0 Å². The molecule has 0 spiro atoms. The number of hydrogen-bond donors (Lipinski definition) is 14. The Balaban J connectivity index is 6.47. The number of carbonyl (C=O) groups excluding carboxylic acids is 8. The largest absolute Gasteiger partial charge is 0.481 e. The Morgan fingerprint density at radius 2 is 0.812 bits per heavy atom. The predicted octanol–water partition coefficient (Wildman–Crippen LogP) is -1.78. The molecule has 0 saturated heterocycles. The summed E-state index contributed by atoms with van der Waals surface area (Å²) in [6.45, 7) is 14.6. The topological polar surface area (TPSA) is 408 Å². The number of carbonyl (C=O) groups is 12. The van der Waals surface area contributed by atoms with Crippen molar-refractivity contribution in [2.75, 3.05) is 5.75 Å². The summed E-state index contributed by atoms with van der Waals surface area (Å²) in [7, 11) is 0. The van der Waals surface area contributed by atoms with E-state index in [1.807, 2.05) is 13.8 Å². The molecule has 0 aromatic carbocycles. The van der Waals surface area contributed by atoms with E-state index < -0.39 is 175 Å². The Bertz CT molecular complexity index is 1840. The number of carboxylic acid groups (broad SMARTS) is 4. The molecular formula is C43H73N9O16S. The van der Waals surface area contributed by atoms with E-state index in [-0.39, 0.29) is 18.8 Å². The Hall–Kier alpha value is -6.05. The van der Waals surface area contributed by atoms with Gasteiger partial charge in [-0.15, -0.1) is 0 Å². The van der Waals surface area contributed by atoms with Crippen molar-refractivity contribution in [3.05, 3.63) is 0 Å². The van der Waals surface area contributed by atoms with Crippen LogP contribution < -0.4 is 48.3 Å². The second-order valence-electron chi connectivity index (χ2n) is 17.5. The van der Waals surface area contributed by atoms with E-state index in [0.717, 1.165) is 0 Å². The van der Waals surface area contributed by atoms with Gasteiger partial charge in [0.15, 0.2) is 0 Å². The Morgan fingerprint density at radius 3 is 1.22 bits per heavy atom. The van der Waals surface area contributed by atoms with Crippen LogP contribution in [0.3, 0.4) is 0 Å². The van der Waals surface area contributed by atoms with Gasteiger partial charge >= 0.3 is 23.9 Å². The standard InChI is InChI=1S/C43H73N9O16S/c1-10-20(6)32(41(65)48-27(17-31(57)58)39(63)52-34(43(67)68)22(8)12-3)51-42(66)33(21(7)11-2)50-38(62)26(16-30(55)56)47-40(64)28(18-69)49-37(61)25(13-14-29(53)54)46-35(59)23(9)45-36(60)24(44)15-19(4)5/h19-28,32-34,69H,10-18,44H2,1-9H3,(H,45,60)(H,46,59)(H,47,64)(H,48,65)(H,49,61)(H,50,62)(H,51,66)(H,52,63)(H,53,54)(H,55,56)(H,57,58)(H,67,68)/t20-,21-,22-,23-,24-,25-,26-,27-,28-,32-,33-,34-/m0/s1. The van der Waals surface area contributed by atoms with Crippen molar-refractivity contribution in [3.63, 3.8) is 0 Å². The number of nitrogens with one attached hydrogen (secondary N) is 8. The normalized spacial score (nSPS) is 16.3. The SMILES string of the molecule is CC[C@H](C)[C@H](NC(=O)[C@H](CC(=O)O)NC(=O)[C@@H](NC(=O)[C@@H](NC(=O)[C@H](CC(=O)O)NC(=O)[C@H](CS)NC(=O)[C@H](CCC(=O)O)NC(=O)[C@H](C)NC(=O)[C@@H](N)CC(C)C)[C@@H](C)CC)[C@@H](C)CC)C(=O)O. The average Bonchev–Trinajstić information content (AvgIpc) is 3.26. The first kappa shape index (κ1) is 63.0.